The van der Waals surface area contributed by atoms with Crippen LogP contribution in [0, 0.1) is 38.0 Å². The molecule has 2 aliphatic carbocycles. The topological polar surface area (TPSA) is 243 Å². The number of carbonyl (C=O) groups excluding carboxylic acids is 2. The zero-order chi connectivity index (χ0) is 51.0. The lowest BCUT2D eigenvalue weighted by Crippen LogP contribution is -2.70. The number of benzene rings is 4. The first-order valence-electron chi connectivity index (χ1n) is 24.1. The van der Waals surface area contributed by atoms with Crippen LogP contribution in [-0.4, -0.2) is 106 Å². The summed E-state index contributed by atoms with van der Waals surface area (Å²) in [6.07, 6.45) is 11.4. The van der Waals surface area contributed by atoms with Gasteiger partial charge in [-0.1, -0.05) is 42.3 Å². The summed E-state index contributed by atoms with van der Waals surface area (Å²) in [6.45, 7) is 3.71. The molecule has 0 saturated heterocycles. The number of aliphatic hydroxyl groups is 3. The van der Waals surface area contributed by atoms with E-state index in [1.165, 1.54) is 42.5 Å². The third kappa shape index (κ3) is 12.5. The SMILES string of the molecule is C=CCOC12Oc3ccc(Oc4cccc(C=O)c4)cc3C3C(CCCCO)C(CCCCO)C=C(C(=NOCc4ccc([N+](=O)[O-])cc4)CC1N(CCOCCO)C(=O)C=Cc1ccc([N+](=O)[O-])cc1)C32. The van der Waals surface area contributed by atoms with Crippen LogP contribution >= 0.6 is 0 Å². The fraction of sp³-hybridized carbons (Fsp3) is 0.389. The van der Waals surface area contributed by atoms with Crippen LogP contribution in [0.1, 0.15) is 77.9 Å². The number of unbranched alkanes of at least 4 members (excludes halogenated alkanes) is 2. The van der Waals surface area contributed by atoms with Gasteiger partial charge >= 0.3 is 0 Å². The van der Waals surface area contributed by atoms with Crippen molar-refractivity contribution in [2.45, 2.75) is 69.3 Å². The minimum atomic E-state index is -1.64. The van der Waals surface area contributed by atoms with E-state index in [9.17, 15) is 45.1 Å². The number of aldehydes is 1. The zero-order valence-electron chi connectivity index (χ0n) is 39.9. The Balaban J connectivity index is 1.43. The number of rotatable bonds is 27. The summed E-state index contributed by atoms with van der Waals surface area (Å²) >= 11 is 0. The zero-order valence-corrected chi connectivity index (χ0v) is 39.9. The molecule has 1 heterocycles. The predicted molar refractivity (Wildman–Crippen MR) is 266 cm³/mol. The van der Waals surface area contributed by atoms with Crippen LogP contribution in [0.25, 0.3) is 6.08 Å². The molecule has 6 atom stereocenters. The number of hydrogen-bond acceptors (Lipinski definition) is 15. The molecule has 6 unspecified atom stereocenters. The Morgan fingerprint density at radius 2 is 1.57 bits per heavy atom. The summed E-state index contributed by atoms with van der Waals surface area (Å²) in [5.74, 6) is -2.04. The number of nitrogens with zero attached hydrogens (tertiary/aromatic N) is 4. The molecule has 4 aromatic rings. The third-order valence-electron chi connectivity index (χ3n) is 13.3. The molecule has 380 valence electrons. The average molecular weight is 989 g/mol. The fourth-order valence-corrected chi connectivity index (χ4v) is 10.1. The molecule has 1 amide bonds. The molecule has 72 heavy (non-hydrogen) atoms. The van der Waals surface area contributed by atoms with E-state index in [-0.39, 0.29) is 82.4 Å². The second-order valence-corrected chi connectivity index (χ2v) is 17.8. The van der Waals surface area contributed by atoms with Crippen molar-refractivity contribution in [3.63, 3.8) is 0 Å². The molecule has 1 fully saturated rings. The molecular weight excluding hydrogens is 929 g/mol. The van der Waals surface area contributed by atoms with E-state index >= 15 is 0 Å². The number of carbonyl (C=O) groups is 2. The molecule has 3 N–H and O–H groups in total. The van der Waals surface area contributed by atoms with Gasteiger partial charge < -0.3 is 44.0 Å². The second-order valence-electron chi connectivity index (χ2n) is 17.8. The van der Waals surface area contributed by atoms with E-state index in [4.69, 9.17) is 28.9 Å². The monoisotopic (exact) mass is 988 g/mol. The molecule has 1 saturated carbocycles. The van der Waals surface area contributed by atoms with E-state index in [1.807, 2.05) is 12.1 Å². The molecule has 0 radical (unpaired) electrons. The van der Waals surface area contributed by atoms with Gasteiger partial charge in [0.25, 0.3) is 11.4 Å². The van der Waals surface area contributed by atoms with E-state index in [0.717, 1.165) is 17.4 Å². The number of amides is 1. The maximum atomic E-state index is 15.0. The first-order valence-corrected chi connectivity index (χ1v) is 24.1. The second kappa shape index (κ2) is 25.3. The van der Waals surface area contributed by atoms with Crippen LogP contribution in [0.3, 0.4) is 0 Å². The predicted octanol–water partition coefficient (Wildman–Crippen LogP) is 8.49. The van der Waals surface area contributed by atoms with Crippen molar-refractivity contribution in [2.75, 3.05) is 46.2 Å². The highest BCUT2D eigenvalue weighted by molar-refractivity contribution is 6.03. The first kappa shape index (κ1) is 52.7. The third-order valence-corrected chi connectivity index (χ3v) is 13.3. The van der Waals surface area contributed by atoms with E-state index in [0.29, 0.717) is 78.2 Å². The molecule has 7 rings (SSSR count). The molecule has 1 aliphatic heterocycles. The van der Waals surface area contributed by atoms with Gasteiger partial charge in [0, 0.05) is 73.6 Å². The molecule has 0 spiro atoms. The van der Waals surface area contributed by atoms with Crippen LogP contribution in [-0.2, 0) is 25.7 Å². The Morgan fingerprint density at radius 1 is 0.861 bits per heavy atom. The smallest absolute Gasteiger partial charge is 0.269 e. The maximum Gasteiger partial charge on any atom is 0.269 e. The Hall–Kier alpha value is -7.09. The number of fused-ring (bicyclic) bond motifs is 2. The van der Waals surface area contributed by atoms with Gasteiger partial charge in [-0.15, -0.1) is 6.58 Å². The first-order chi connectivity index (χ1) is 35.0. The van der Waals surface area contributed by atoms with Gasteiger partial charge in [-0.05, 0) is 115 Å². The van der Waals surface area contributed by atoms with Gasteiger partial charge in [0.2, 0.25) is 11.7 Å². The molecule has 18 nitrogen and oxygen atoms in total. The number of allylic oxidation sites excluding steroid dienone is 1. The number of hydrogen-bond donors (Lipinski definition) is 3. The highest BCUT2D eigenvalue weighted by Crippen LogP contribution is 2.62. The summed E-state index contributed by atoms with van der Waals surface area (Å²) in [6, 6.07) is 23.1. The van der Waals surface area contributed by atoms with Crippen LogP contribution < -0.4 is 9.47 Å². The minimum absolute atomic E-state index is 0.00347. The van der Waals surface area contributed by atoms with Crippen molar-refractivity contribution in [2.24, 2.45) is 22.9 Å². The lowest BCUT2D eigenvalue weighted by molar-refractivity contribution is -0.385. The number of oxime groups is 1. The van der Waals surface area contributed by atoms with E-state index < -0.39 is 39.4 Å². The summed E-state index contributed by atoms with van der Waals surface area (Å²) in [7, 11) is 0. The van der Waals surface area contributed by atoms with Crippen LogP contribution in [0.2, 0.25) is 0 Å². The van der Waals surface area contributed by atoms with Crippen LogP contribution in [0.5, 0.6) is 17.2 Å². The van der Waals surface area contributed by atoms with Crippen molar-refractivity contribution in [3.8, 4) is 17.2 Å². The standard InChI is InChI=1S/C54H60N4O14/c1-2-28-69-54-50(56(24-29-68-30-27-61)51(63)23-16-37-12-17-41(18-13-37)57(64)65)34-48(55-70-36-38-14-19-42(20-15-38)58(66)67)46-32-40(9-3-5-25-59)45(11-4-6-26-60)52(53(46)54)47-33-44(21-22-49(47)72-54)71-43-10-7-8-39(31-43)35-62/h2,7-8,10,12-23,31-33,35,40,45,50,52-53,59-61H,1,3-6,9,11,24-30,34,36H2. The van der Waals surface area contributed by atoms with Crippen molar-refractivity contribution in [1.29, 1.82) is 0 Å². The molecule has 3 aliphatic rings. The molecule has 0 bridgehead atoms. The van der Waals surface area contributed by atoms with E-state index in [2.05, 4.69) is 12.7 Å². The number of ether oxygens (including phenoxy) is 4. The molecule has 0 aromatic heterocycles. The van der Waals surface area contributed by atoms with Gasteiger partial charge in [0.15, 0.2) is 0 Å². The lowest BCUT2D eigenvalue weighted by Gasteiger charge is -2.60. The lowest BCUT2D eigenvalue weighted by atomic mass is 9.55. The minimum Gasteiger partial charge on any atom is -0.459 e. The highest BCUT2D eigenvalue weighted by Gasteiger charge is 2.65. The Morgan fingerprint density at radius 3 is 2.25 bits per heavy atom. The van der Waals surface area contributed by atoms with Gasteiger partial charge in [-0.25, -0.2) is 0 Å². The van der Waals surface area contributed by atoms with Crippen molar-refractivity contribution >= 4 is 35.4 Å². The van der Waals surface area contributed by atoms with Crippen molar-refractivity contribution in [3.05, 3.63) is 164 Å². The largest absolute Gasteiger partial charge is 0.459 e. The summed E-state index contributed by atoms with van der Waals surface area (Å²) in [4.78, 5) is 56.3. The van der Waals surface area contributed by atoms with Crippen molar-refractivity contribution < 1.29 is 58.5 Å². The van der Waals surface area contributed by atoms with Crippen LogP contribution in [0.15, 0.2) is 127 Å². The summed E-state index contributed by atoms with van der Waals surface area (Å²) in [5.41, 5.74) is 3.46. The van der Waals surface area contributed by atoms with Crippen LogP contribution in [0.4, 0.5) is 11.4 Å². The van der Waals surface area contributed by atoms with Crippen molar-refractivity contribution in [1.82, 2.24) is 4.90 Å². The fourth-order valence-electron chi connectivity index (χ4n) is 10.1. The maximum absolute atomic E-state index is 15.0. The Kier molecular flexibility index (Phi) is 18.6. The van der Waals surface area contributed by atoms with E-state index in [1.54, 1.807) is 59.5 Å². The Labute approximate surface area is 417 Å². The molecular formula is C54H60N4O14. The van der Waals surface area contributed by atoms with Gasteiger partial charge in [-0.3, -0.25) is 29.8 Å². The normalized spacial score (nSPS) is 21.5. The van der Waals surface area contributed by atoms with Gasteiger partial charge in [-0.2, -0.15) is 0 Å². The van der Waals surface area contributed by atoms with Gasteiger partial charge in [0.05, 0.1) is 47.9 Å². The Bertz CT molecular complexity index is 2620. The molecule has 4 aromatic carbocycles. The quantitative estimate of drug-likeness (QED) is 0.0127. The number of aliphatic hydroxyl groups excluding tert-OH is 3. The number of nitro benzene ring substituents is 2. The van der Waals surface area contributed by atoms with Gasteiger partial charge in [0.1, 0.15) is 36.2 Å². The summed E-state index contributed by atoms with van der Waals surface area (Å²) < 4.78 is 26.6. The number of non-ortho nitro benzene ring substituents is 2. The average Bonchev–Trinajstić information content (AvgIpc) is 3.39. The molecule has 18 heteroatoms. The summed E-state index contributed by atoms with van der Waals surface area (Å²) in [5, 5.41) is 57.4. The highest BCUT2D eigenvalue weighted by atomic mass is 16.7. The number of nitro groups is 2.